The van der Waals surface area contributed by atoms with E-state index in [1.165, 1.54) is 12.1 Å². The fourth-order valence-electron chi connectivity index (χ4n) is 2.84. The van der Waals surface area contributed by atoms with Crippen LogP contribution in [0.3, 0.4) is 0 Å². The Hall–Kier alpha value is -1.62. The number of benzene rings is 1. The predicted octanol–water partition coefficient (Wildman–Crippen LogP) is 4.07. The molecule has 0 bridgehead atoms. The van der Waals surface area contributed by atoms with Crippen LogP contribution in [0.5, 0.6) is 0 Å². The van der Waals surface area contributed by atoms with E-state index in [0.717, 1.165) is 31.4 Å². The summed E-state index contributed by atoms with van der Waals surface area (Å²) in [5.41, 5.74) is 0.718. The smallest absolute Gasteiger partial charge is 0.310 e. The van der Waals surface area contributed by atoms with Gasteiger partial charge >= 0.3 is 6.18 Å². The van der Waals surface area contributed by atoms with E-state index in [2.05, 4.69) is 10.3 Å². The second-order valence-electron chi connectivity index (χ2n) is 5.10. The monoisotopic (exact) mass is 280 g/mol. The van der Waals surface area contributed by atoms with Crippen molar-refractivity contribution in [3.05, 3.63) is 41.6 Å². The summed E-state index contributed by atoms with van der Waals surface area (Å²) >= 11 is 0. The zero-order chi connectivity index (χ0) is 14.2. The molecular weight excluding hydrogens is 265 g/mol. The van der Waals surface area contributed by atoms with Crippen LogP contribution in [0.25, 0.3) is 10.9 Å². The molecule has 1 aliphatic heterocycles. The molecular formula is C15H15F3N2. The van der Waals surface area contributed by atoms with Crippen LogP contribution in [-0.2, 0) is 6.18 Å². The normalized spacial score (nSPS) is 20.2. The van der Waals surface area contributed by atoms with Crippen LogP contribution >= 0.6 is 0 Å². The van der Waals surface area contributed by atoms with Crippen molar-refractivity contribution in [3.8, 4) is 0 Å². The van der Waals surface area contributed by atoms with E-state index in [4.69, 9.17) is 0 Å². The maximum Gasteiger partial charge on any atom is 0.417 e. The molecule has 1 unspecified atom stereocenters. The molecule has 5 heteroatoms. The van der Waals surface area contributed by atoms with Crippen LogP contribution < -0.4 is 5.32 Å². The van der Waals surface area contributed by atoms with Crippen LogP contribution in [0.1, 0.15) is 36.4 Å². The van der Waals surface area contributed by atoms with E-state index >= 15 is 0 Å². The van der Waals surface area contributed by atoms with Crippen molar-refractivity contribution >= 4 is 10.9 Å². The third kappa shape index (κ3) is 2.38. The number of rotatable bonds is 1. The average molecular weight is 280 g/mol. The van der Waals surface area contributed by atoms with E-state index in [1.54, 1.807) is 18.3 Å². The van der Waals surface area contributed by atoms with E-state index in [-0.39, 0.29) is 11.4 Å². The fourth-order valence-corrected chi connectivity index (χ4v) is 2.84. The maximum atomic E-state index is 13.0. The molecule has 0 saturated carbocycles. The highest BCUT2D eigenvalue weighted by Crippen LogP contribution is 2.37. The van der Waals surface area contributed by atoms with Crippen LogP contribution in [0.2, 0.25) is 0 Å². The molecule has 2 aromatic rings. The fraction of sp³-hybridized carbons (Fsp3) is 0.400. The van der Waals surface area contributed by atoms with Gasteiger partial charge in [0.15, 0.2) is 0 Å². The van der Waals surface area contributed by atoms with Crippen molar-refractivity contribution in [3.63, 3.8) is 0 Å². The van der Waals surface area contributed by atoms with Gasteiger partial charge in [-0.1, -0.05) is 18.6 Å². The molecule has 3 rings (SSSR count). The highest BCUT2D eigenvalue weighted by Gasteiger charge is 2.33. The molecule has 106 valence electrons. The lowest BCUT2D eigenvalue weighted by Gasteiger charge is -2.25. The first kappa shape index (κ1) is 13.4. The maximum absolute atomic E-state index is 13.0. The molecule has 1 aliphatic rings. The van der Waals surface area contributed by atoms with Crippen molar-refractivity contribution in [1.82, 2.24) is 10.3 Å². The third-order valence-corrected chi connectivity index (χ3v) is 3.79. The van der Waals surface area contributed by atoms with Gasteiger partial charge < -0.3 is 5.32 Å². The highest BCUT2D eigenvalue weighted by atomic mass is 19.4. The molecule has 0 radical (unpaired) electrons. The van der Waals surface area contributed by atoms with Gasteiger partial charge in [0.1, 0.15) is 0 Å². The Kier molecular flexibility index (Phi) is 3.38. The van der Waals surface area contributed by atoms with Gasteiger partial charge in [0.25, 0.3) is 0 Å². The van der Waals surface area contributed by atoms with Crippen molar-refractivity contribution in [2.24, 2.45) is 0 Å². The number of piperidine rings is 1. The molecule has 2 heterocycles. The SMILES string of the molecule is FC(F)(F)c1ccc(C2CCCCN2)c2ncccc12. The van der Waals surface area contributed by atoms with Crippen molar-refractivity contribution in [2.75, 3.05) is 6.54 Å². The standard InChI is InChI=1S/C15H15F3N2/c16-15(17,18)12-7-6-11(13-5-1-2-8-19-13)14-10(12)4-3-9-20-14/h3-4,6-7,9,13,19H,1-2,5,8H2. The first-order valence-corrected chi connectivity index (χ1v) is 6.75. The summed E-state index contributed by atoms with van der Waals surface area (Å²) in [4.78, 5) is 4.19. The van der Waals surface area contributed by atoms with Crippen molar-refractivity contribution in [1.29, 1.82) is 0 Å². The van der Waals surface area contributed by atoms with Gasteiger partial charge in [-0.25, -0.2) is 0 Å². The van der Waals surface area contributed by atoms with Crippen LogP contribution in [-0.4, -0.2) is 11.5 Å². The molecule has 2 nitrogen and oxygen atoms in total. The minimum absolute atomic E-state index is 0.100. The van der Waals surface area contributed by atoms with Gasteiger partial charge in [0.2, 0.25) is 0 Å². The molecule has 1 N–H and O–H groups in total. The van der Waals surface area contributed by atoms with E-state index in [1.807, 2.05) is 0 Å². The lowest BCUT2D eigenvalue weighted by atomic mass is 9.93. The van der Waals surface area contributed by atoms with E-state index < -0.39 is 11.7 Å². The number of nitrogens with one attached hydrogen (secondary N) is 1. The van der Waals surface area contributed by atoms with Crippen LogP contribution in [0.15, 0.2) is 30.5 Å². The molecule has 1 saturated heterocycles. The Morgan fingerprint density at radius 2 is 2.00 bits per heavy atom. The number of nitrogens with zero attached hydrogens (tertiary/aromatic N) is 1. The molecule has 1 aromatic carbocycles. The van der Waals surface area contributed by atoms with E-state index in [0.29, 0.717) is 5.52 Å². The number of hydrogen-bond acceptors (Lipinski definition) is 2. The summed E-state index contributed by atoms with van der Waals surface area (Å²) in [6, 6.07) is 5.90. The van der Waals surface area contributed by atoms with Crippen LogP contribution in [0, 0.1) is 0 Å². The predicted molar refractivity (Wildman–Crippen MR) is 71.3 cm³/mol. The van der Waals surface area contributed by atoms with Crippen molar-refractivity contribution in [2.45, 2.75) is 31.5 Å². The van der Waals surface area contributed by atoms with Crippen molar-refractivity contribution < 1.29 is 13.2 Å². The molecule has 0 amide bonds. The Morgan fingerprint density at radius 1 is 1.15 bits per heavy atom. The zero-order valence-electron chi connectivity index (χ0n) is 10.9. The third-order valence-electron chi connectivity index (χ3n) is 3.79. The number of alkyl halides is 3. The number of halogens is 3. The lowest BCUT2D eigenvalue weighted by Crippen LogP contribution is -2.27. The van der Waals surface area contributed by atoms with E-state index in [9.17, 15) is 13.2 Å². The Bertz CT molecular complexity index is 616. The highest BCUT2D eigenvalue weighted by molar-refractivity contribution is 5.86. The van der Waals surface area contributed by atoms with Gasteiger partial charge in [0.05, 0.1) is 11.1 Å². The first-order valence-electron chi connectivity index (χ1n) is 6.75. The first-order chi connectivity index (χ1) is 9.57. The largest absolute Gasteiger partial charge is 0.417 e. The summed E-state index contributed by atoms with van der Waals surface area (Å²) in [5.74, 6) is 0. The second-order valence-corrected chi connectivity index (χ2v) is 5.10. The summed E-state index contributed by atoms with van der Waals surface area (Å²) in [6.45, 7) is 0.903. The molecule has 0 spiro atoms. The summed E-state index contributed by atoms with van der Waals surface area (Å²) in [7, 11) is 0. The van der Waals surface area contributed by atoms with Gasteiger partial charge in [-0.05, 0) is 37.1 Å². The average Bonchev–Trinajstić information content (AvgIpc) is 2.46. The Morgan fingerprint density at radius 3 is 2.70 bits per heavy atom. The Balaban J connectivity index is 2.16. The quantitative estimate of drug-likeness (QED) is 0.851. The number of aromatic nitrogens is 1. The summed E-state index contributed by atoms with van der Waals surface area (Å²) < 4.78 is 39.1. The molecule has 1 atom stereocenters. The van der Waals surface area contributed by atoms with Gasteiger partial charge in [-0.15, -0.1) is 0 Å². The molecule has 0 aliphatic carbocycles. The summed E-state index contributed by atoms with van der Waals surface area (Å²) in [5, 5.41) is 3.55. The zero-order valence-corrected chi connectivity index (χ0v) is 10.9. The second kappa shape index (κ2) is 5.05. The minimum Gasteiger partial charge on any atom is -0.310 e. The number of fused-ring (bicyclic) bond motifs is 1. The molecule has 20 heavy (non-hydrogen) atoms. The van der Waals surface area contributed by atoms with Gasteiger partial charge in [-0.3, -0.25) is 4.98 Å². The van der Waals surface area contributed by atoms with Gasteiger partial charge in [0, 0.05) is 17.6 Å². The topological polar surface area (TPSA) is 24.9 Å². The lowest BCUT2D eigenvalue weighted by molar-refractivity contribution is -0.136. The number of pyridine rings is 1. The summed E-state index contributed by atoms with van der Waals surface area (Å²) in [6.07, 6.45) is 0.348. The molecule has 1 aromatic heterocycles. The van der Waals surface area contributed by atoms with Crippen LogP contribution in [0.4, 0.5) is 13.2 Å². The molecule has 1 fully saturated rings. The Labute approximate surface area is 115 Å². The minimum atomic E-state index is -4.35. The number of hydrogen-bond donors (Lipinski definition) is 1. The van der Waals surface area contributed by atoms with Gasteiger partial charge in [-0.2, -0.15) is 13.2 Å².